The highest BCUT2D eigenvalue weighted by Crippen LogP contribution is 2.31. The Morgan fingerprint density at radius 1 is 1.05 bits per heavy atom. The highest BCUT2D eigenvalue weighted by Gasteiger charge is 2.33. The number of Topliss-reactive ketones (excluding diaryl/α,β-unsaturated/α-hetero) is 1. The summed E-state index contributed by atoms with van der Waals surface area (Å²) in [7, 11) is 1.59. The zero-order chi connectivity index (χ0) is 14.1. The zero-order valence-corrected chi connectivity index (χ0v) is 11.0. The first-order valence-corrected chi connectivity index (χ1v) is 6.30. The lowest BCUT2D eigenvalue weighted by molar-refractivity contribution is -0.114. The molecule has 0 aliphatic carbocycles. The van der Waals surface area contributed by atoms with Gasteiger partial charge in [-0.25, -0.2) is 0 Å². The van der Waals surface area contributed by atoms with Crippen molar-refractivity contribution in [2.45, 2.75) is 6.61 Å². The minimum Gasteiger partial charge on any atom is -0.489 e. The summed E-state index contributed by atoms with van der Waals surface area (Å²) in [6.07, 6.45) is 0. The molecule has 4 nitrogen and oxygen atoms in total. The molecule has 3 rings (SSSR count). The van der Waals surface area contributed by atoms with Crippen LogP contribution in [0.15, 0.2) is 48.5 Å². The fraction of sp³-hybridized carbons (Fsp3) is 0.125. The van der Waals surface area contributed by atoms with Crippen LogP contribution < -0.4 is 9.64 Å². The van der Waals surface area contributed by atoms with Gasteiger partial charge in [0.15, 0.2) is 0 Å². The van der Waals surface area contributed by atoms with E-state index in [0.717, 1.165) is 5.56 Å². The second-order valence-corrected chi connectivity index (χ2v) is 4.65. The highest BCUT2D eigenvalue weighted by molar-refractivity contribution is 6.52. The molecule has 20 heavy (non-hydrogen) atoms. The van der Waals surface area contributed by atoms with Gasteiger partial charge in [-0.05, 0) is 23.8 Å². The predicted molar refractivity (Wildman–Crippen MR) is 75.0 cm³/mol. The summed E-state index contributed by atoms with van der Waals surface area (Å²) in [5.41, 5.74) is 2.09. The molecule has 0 radical (unpaired) electrons. The van der Waals surface area contributed by atoms with E-state index >= 15 is 0 Å². The summed E-state index contributed by atoms with van der Waals surface area (Å²) < 4.78 is 5.65. The maximum atomic E-state index is 11.8. The van der Waals surface area contributed by atoms with Crippen molar-refractivity contribution in [3.63, 3.8) is 0 Å². The SMILES string of the molecule is CN1C(=O)C(=O)c2cc(OCc3ccccc3)ccc21. The number of carbonyl (C=O) groups excluding carboxylic acids is 2. The van der Waals surface area contributed by atoms with Crippen LogP contribution in [0.4, 0.5) is 5.69 Å². The largest absolute Gasteiger partial charge is 0.489 e. The maximum Gasteiger partial charge on any atom is 0.299 e. The molecular formula is C16H13NO3. The molecule has 0 spiro atoms. The lowest BCUT2D eigenvalue weighted by Gasteiger charge is -2.10. The standard InChI is InChI=1S/C16H13NO3/c1-17-14-8-7-12(9-13(14)15(18)16(17)19)20-10-11-5-3-2-4-6-11/h2-9H,10H2,1H3. The fourth-order valence-corrected chi connectivity index (χ4v) is 2.20. The Morgan fingerprint density at radius 2 is 1.80 bits per heavy atom. The number of hydrogen-bond acceptors (Lipinski definition) is 3. The molecule has 0 atom stereocenters. The number of ketones is 1. The van der Waals surface area contributed by atoms with Gasteiger partial charge in [0.2, 0.25) is 0 Å². The molecule has 1 heterocycles. The van der Waals surface area contributed by atoms with Gasteiger partial charge in [0.1, 0.15) is 12.4 Å². The molecule has 0 aromatic heterocycles. The molecule has 0 unspecified atom stereocenters. The van der Waals surface area contributed by atoms with E-state index in [0.29, 0.717) is 23.6 Å². The van der Waals surface area contributed by atoms with Crippen LogP contribution in [0.1, 0.15) is 15.9 Å². The van der Waals surface area contributed by atoms with Crippen LogP contribution in [-0.4, -0.2) is 18.7 Å². The van der Waals surface area contributed by atoms with Gasteiger partial charge < -0.3 is 9.64 Å². The monoisotopic (exact) mass is 267 g/mol. The van der Waals surface area contributed by atoms with Crippen molar-refractivity contribution in [1.29, 1.82) is 0 Å². The van der Waals surface area contributed by atoms with Crippen molar-refractivity contribution in [2.75, 3.05) is 11.9 Å². The third-order valence-electron chi connectivity index (χ3n) is 3.32. The molecule has 0 saturated heterocycles. The molecule has 1 amide bonds. The Morgan fingerprint density at radius 3 is 2.55 bits per heavy atom. The second kappa shape index (κ2) is 4.81. The van der Waals surface area contributed by atoms with E-state index in [2.05, 4.69) is 0 Å². The Bertz CT molecular complexity index is 679. The Hall–Kier alpha value is -2.62. The molecule has 0 saturated carbocycles. The van der Waals surface area contributed by atoms with Gasteiger partial charge in [-0.2, -0.15) is 0 Å². The summed E-state index contributed by atoms with van der Waals surface area (Å²) in [4.78, 5) is 24.7. The van der Waals surface area contributed by atoms with E-state index in [1.165, 1.54) is 4.90 Å². The first kappa shape index (κ1) is 12.4. The number of amides is 1. The average Bonchev–Trinajstić information content (AvgIpc) is 2.71. The maximum absolute atomic E-state index is 11.8. The van der Waals surface area contributed by atoms with Crippen LogP contribution in [0, 0.1) is 0 Å². The number of nitrogens with zero attached hydrogens (tertiary/aromatic N) is 1. The Balaban J connectivity index is 1.80. The molecule has 2 aromatic rings. The zero-order valence-electron chi connectivity index (χ0n) is 11.0. The van der Waals surface area contributed by atoms with Crippen molar-refractivity contribution >= 4 is 17.4 Å². The van der Waals surface area contributed by atoms with Crippen molar-refractivity contribution in [1.82, 2.24) is 0 Å². The van der Waals surface area contributed by atoms with Crippen molar-refractivity contribution in [3.05, 3.63) is 59.7 Å². The second-order valence-electron chi connectivity index (χ2n) is 4.65. The summed E-state index contributed by atoms with van der Waals surface area (Å²) >= 11 is 0. The quantitative estimate of drug-likeness (QED) is 0.802. The number of benzene rings is 2. The number of carbonyl (C=O) groups is 2. The summed E-state index contributed by atoms with van der Waals surface area (Å²) in [5, 5.41) is 0. The number of fused-ring (bicyclic) bond motifs is 1. The van der Waals surface area contributed by atoms with Crippen molar-refractivity contribution in [2.24, 2.45) is 0 Å². The number of hydrogen-bond donors (Lipinski definition) is 0. The molecule has 0 N–H and O–H groups in total. The highest BCUT2D eigenvalue weighted by atomic mass is 16.5. The van der Waals surface area contributed by atoms with Crippen molar-refractivity contribution < 1.29 is 14.3 Å². The Labute approximate surface area is 116 Å². The first-order valence-electron chi connectivity index (χ1n) is 6.30. The molecule has 1 aliphatic heterocycles. The topological polar surface area (TPSA) is 46.6 Å². The van der Waals surface area contributed by atoms with E-state index < -0.39 is 11.7 Å². The molecule has 100 valence electrons. The minimum absolute atomic E-state index is 0.406. The summed E-state index contributed by atoms with van der Waals surface area (Å²) in [6, 6.07) is 14.9. The smallest absolute Gasteiger partial charge is 0.299 e. The van der Waals surface area contributed by atoms with Gasteiger partial charge in [-0.15, -0.1) is 0 Å². The average molecular weight is 267 g/mol. The van der Waals surface area contributed by atoms with Crippen LogP contribution in [0.2, 0.25) is 0 Å². The third-order valence-corrected chi connectivity index (χ3v) is 3.32. The van der Waals surface area contributed by atoms with E-state index in [9.17, 15) is 9.59 Å². The number of ether oxygens (including phenoxy) is 1. The van der Waals surface area contributed by atoms with Gasteiger partial charge in [0.05, 0.1) is 11.3 Å². The van der Waals surface area contributed by atoms with Crippen LogP contribution in [0.25, 0.3) is 0 Å². The van der Waals surface area contributed by atoms with Gasteiger partial charge in [0.25, 0.3) is 11.7 Å². The van der Waals surface area contributed by atoms with E-state index in [1.807, 2.05) is 30.3 Å². The molecule has 1 aliphatic rings. The van der Waals surface area contributed by atoms with Crippen LogP contribution in [0.3, 0.4) is 0 Å². The molecule has 0 fully saturated rings. The van der Waals surface area contributed by atoms with E-state index in [1.54, 1.807) is 25.2 Å². The van der Waals surface area contributed by atoms with Gasteiger partial charge in [0, 0.05) is 7.05 Å². The van der Waals surface area contributed by atoms with Crippen LogP contribution >= 0.6 is 0 Å². The molecule has 2 aromatic carbocycles. The fourth-order valence-electron chi connectivity index (χ4n) is 2.20. The van der Waals surface area contributed by atoms with Gasteiger partial charge in [-0.3, -0.25) is 9.59 Å². The normalized spacial score (nSPS) is 13.6. The van der Waals surface area contributed by atoms with Gasteiger partial charge >= 0.3 is 0 Å². The van der Waals surface area contributed by atoms with E-state index in [-0.39, 0.29) is 0 Å². The van der Waals surface area contributed by atoms with E-state index in [4.69, 9.17) is 4.74 Å². The lowest BCUT2D eigenvalue weighted by Crippen LogP contribution is -2.24. The number of anilines is 1. The van der Waals surface area contributed by atoms with Crippen LogP contribution in [0.5, 0.6) is 5.75 Å². The third kappa shape index (κ3) is 2.05. The Kier molecular flexibility index (Phi) is 2.99. The lowest BCUT2D eigenvalue weighted by atomic mass is 10.1. The minimum atomic E-state index is -0.500. The van der Waals surface area contributed by atoms with Crippen molar-refractivity contribution in [3.8, 4) is 5.75 Å². The summed E-state index contributed by atoms with van der Waals surface area (Å²) in [5.74, 6) is -0.392. The van der Waals surface area contributed by atoms with Gasteiger partial charge in [-0.1, -0.05) is 30.3 Å². The molecular weight excluding hydrogens is 254 g/mol. The first-order chi connectivity index (χ1) is 9.66. The van der Waals surface area contributed by atoms with Crippen LogP contribution in [-0.2, 0) is 11.4 Å². The summed E-state index contributed by atoms with van der Waals surface area (Å²) in [6.45, 7) is 0.428. The number of likely N-dealkylation sites (N-methyl/N-ethyl adjacent to an activating group) is 1. The molecule has 4 heteroatoms. The number of rotatable bonds is 3. The predicted octanol–water partition coefficient (Wildman–Crippen LogP) is 2.42. The molecule has 0 bridgehead atoms.